The Morgan fingerprint density at radius 3 is 2.42 bits per heavy atom. The van der Waals surface area contributed by atoms with Crippen LogP contribution < -0.4 is 10.2 Å². The maximum atomic E-state index is 13.2. The number of rotatable bonds is 8. The van der Waals surface area contributed by atoms with E-state index in [9.17, 15) is 14.4 Å². The van der Waals surface area contributed by atoms with Crippen LogP contribution >= 0.6 is 0 Å². The number of anilines is 1. The van der Waals surface area contributed by atoms with Crippen molar-refractivity contribution in [2.45, 2.75) is 38.6 Å². The Bertz CT molecular complexity index is 998. The molecule has 1 atom stereocenters. The fraction of sp³-hybridized carbons (Fsp3) is 0.333. The van der Waals surface area contributed by atoms with E-state index in [0.29, 0.717) is 11.3 Å². The van der Waals surface area contributed by atoms with Gasteiger partial charge in [0.2, 0.25) is 5.91 Å². The molecule has 0 spiro atoms. The van der Waals surface area contributed by atoms with Gasteiger partial charge in [-0.15, -0.1) is 0 Å². The van der Waals surface area contributed by atoms with E-state index in [4.69, 9.17) is 5.26 Å². The maximum Gasteiger partial charge on any atom is 0.325 e. The van der Waals surface area contributed by atoms with Gasteiger partial charge in [0.25, 0.3) is 5.91 Å². The standard InChI is InChI=1S/C24H26N4O3/c1-3-8-18-11-13-19(14-12-18)24(2)22(30)28(23(31)26-24)17-21(29)27(16-7-15-25)20-9-5-4-6-10-20/h4-6,9-14H,3,7-8,16-17H2,1-2H3,(H,26,31). The predicted octanol–water partition coefficient (Wildman–Crippen LogP) is 3.35. The first-order chi connectivity index (χ1) is 14.9. The first-order valence-electron chi connectivity index (χ1n) is 10.4. The molecule has 2 aromatic rings. The normalized spacial score (nSPS) is 17.9. The van der Waals surface area contributed by atoms with Gasteiger partial charge >= 0.3 is 6.03 Å². The topological polar surface area (TPSA) is 93.5 Å². The van der Waals surface area contributed by atoms with Crippen LogP contribution in [0.25, 0.3) is 0 Å². The number of nitrogens with zero attached hydrogens (tertiary/aromatic N) is 3. The summed E-state index contributed by atoms with van der Waals surface area (Å²) in [6.07, 6.45) is 2.10. The third-order valence-corrected chi connectivity index (χ3v) is 5.45. The Balaban J connectivity index is 1.79. The Hall–Kier alpha value is -3.66. The second kappa shape index (κ2) is 9.43. The summed E-state index contributed by atoms with van der Waals surface area (Å²) in [5.74, 6) is -0.894. The molecule has 1 N–H and O–H groups in total. The third kappa shape index (κ3) is 4.58. The summed E-state index contributed by atoms with van der Waals surface area (Å²) < 4.78 is 0. The number of amides is 4. The van der Waals surface area contributed by atoms with Gasteiger partial charge in [-0.1, -0.05) is 55.8 Å². The minimum Gasteiger partial charge on any atom is -0.319 e. The van der Waals surface area contributed by atoms with Gasteiger partial charge in [-0.25, -0.2) is 4.79 Å². The highest BCUT2D eigenvalue weighted by Gasteiger charge is 2.49. The van der Waals surface area contributed by atoms with Crippen molar-refractivity contribution in [3.8, 4) is 6.07 Å². The molecule has 7 heteroatoms. The van der Waals surface area contributed by atoms with Gasteiger partial charge in [-0.05, 0) is 36.6 Å². The molecular weight excluding hydrogens is 392 g/mol. The van der Waals surface area contributed by atoms with Crippen molar-refractivity contribution in [3.05, 3.63) is 65.7 Å². The van der Waals surface area contributed by atoms with Gasteiger partial charge < -0.3 is 10.2 Å². The van der Waals surface area contributed by atoms with Gasteiger partial charge in [-0.3, -0.25) is 14.5 Å². The van der Waals surface area contributed by atoms with Crippen LogP contribution in [0, 0.1) is 11.3 Å². The molecule has 1 unspecified atom stereocenters. The van der Waals surface area contributed by atoms with E-state index in [1.807, 2.05) is 36.4 Å². The number of para-hydroxylation sites is 1. The van der Waals surface area contributed by atoms with Crippen LogP contribution in [0.15, 0.2) is 54.6 Å². The molecule has 31 heavy (non-hydrogen) atoms. The monoisotopic (exact) mass is 418 g/mol. The lowest BCUT2D eigenvalue weighted by Crippen LogP contribution is -2.45. The molecule has 160 valence electrons. The molecule has 2 aromatic carbocycles. The molecule has 0 aliphatic carbocycles. The molecule has 0 aromatic heterocycles. The molecule has 0 saturated carbocycles. The number of benzene rings is 2. The zero-order valence-corrected chi connectivity index (χ0v) is 17.8. The van der Waals surface area contributed by atoms with Crippen molar-refractivity contribution in [3.63, 3.8) is 0 Å². The second-order valence-corrected chi connectivity index (χ2v) is 7.68. The van der Waals surface area contributed by atoms with E-state index in [2.05, 4.69) is 12.2 Å². The Labute approximate surface area is 182 Å². The number of nitriles is 1. The first-order valence-corrected chi connectivity index (χ1v) is 10.4. The predicted molar refractivity (Wildman–Crippen MR) is 117 cm³/mol. The highest BCUT2D eigenvalue weighted by Crippen LogP contribution is 2.29. The molecular formula is C24H26N4O3. The summed E-state index contributed by atoms with van der Waals surface area (Å²) in [7, 11) is 0. The minimum absolute atomic E-state index is 0.141. The van der Waals surface area contributed by atoms with Crippen LogP contribution in [-0.4, -0.2) is 35.8 Å². The summed E-state index contributed by atoms with van der Waals surface area (Å²) in [6.45, 7) is 3.53. The first kappa shape index (κ1) is 22.0. The van der Waals surface area contributed by atoms with Crippen LogP contribution in [0.3, 0.4) is 0 Å². The molecule has 3 rings (SSSR count). The van der Waals surface area contributed by atoms with Crippen molar-refractivity contribution >= 4 is 23.5 Å². The number of nitrogens with one attached hydrogen (secondary N) is 1. The smallest absolute Gasteiger partial charge is 0.319 e. The van der Waals surface area contributed by atoms with E-state index in [-0.39, 0.29) is 13.0 Å². The third-order valence-electron chi connectivity index (χ3n) is 5.45. The summed E-state index contributed by atoms with van der Waals surface area (Å²) in [6, 6.07) is 17.9. The second-order valence-electron chi connectivity index (χ2n) is 7.68. The molecule has 0 bridgehead atoms. The SMILES string of the molecule is CCCc1ccc(C2(C)NC(=O)N(CC(=O)N(CCC#N)c3ccccc3)C2=O)cc1. The number of imide groups is 1. The lowest BCUT2D eigenvalue weighted by molar-refractivity contribution is -0.134. The number of carbonyl (C=O) groups is 3. The fourth-order valence-corrected chi connectivity index (χ4v) is 3.72. The van der Waals surface area contributed by atoms with Gasteiger partial charge in [-0.2, -0.15) is 5.26 Å². The maximum absolute atomic E-state index is 13.2. The molecule has 1 aliphatic heterocycles. The zero-order valence-electron chi connectivity index (χ0n) is 17.8. The Morgan fingerprint density at radius 2 is 1.81 bits per heavy atom. The lowest BCUT2D eigenvalue weighted by atomic mass is 9.91. The average Bonchev–Trinajstić information content (AvgIpc) is 2.99. The van der Waals surface area contributed by atoms with E-state index >= 15 is 0 Å². The Morgan fingerprint density at radius 1 is 1.13 bits per heavy atom. The Kier molecular flexibility index (Phi) is 6.71. The molecule has 0 radical (unpaired) electrons. The van der Waals surface area contributed by atoms with Crippen LogP contribution in [0.4, 0.5) is 10.5 Å². The summed E-state index contributed by atoms with van der Waals surface area (Å²) in [5.41, 5.74) is 1.22. The molecule has 1 aliphatic rings. The molecule has 1 heterocycles. The number of aryl methyl sites for hydroxylation is 1. The van der Waals surface area contributed by atoms with E-state index in [0.717, 1.165) is 23.3 Å². The number of carbonyl (C=O) groups excluding carboxylic acids is 3. The number of hydrogen-bond donors (Lipinski definition) is 1. The van der Waals surface area contributed by atoms with E-state index in [1.54, 1.807) is 31.2 Å². The van der Waals surface area contributed by atoms with Gasteiger partial charge in [0.05, 0.1) is 12.5 Å². The molecule has 1 saturated heterocycles. The van der Waals surface area contributed by atoms with Crippen LogP contribution in [0.1, 0.15) is 37.8 Å². The van der Waals surface area contributed by atoms with Crippen molar-refractivity contribution in [1.29, 1.82) is 5.26 Å². The van der Waals surface area contributed by atoms with Gasteiger partial charge in [0.1, 0.15) is 12.1 Å². The van der Waals surface area contributed by atoms with Gasteiger partial charge in [0.15, 0.2) is 0 Å². The summed E-state index contributed by atoms with van der Waals surface area (Å²) in [5, 5.41) is 11.7. The minimum atomic E-state index is -1.23. The van der Waals surface area contributed by atoms with Crippen LogP contribution in [-0.2, 0) is 21.5 Å². The number of hydrogen-bond acceptors (Lipinski definition) is 4. The highest BCUT2D eigenvalue weighted by molar-refractivity contribution is 6.10. The van der Waals surface area contributed by atoms with Gasteiger partial charge in [0, 0.05) is 12.2 Å². The number of urea groups is 1. The summed E-state index contributed by atoms with van der Waals surface area (Å²) in [4.78, 5) is 41.2. The van der Waals surface area contributed by atoms with Crippen LogP contribution in [0.2, 0.25) is 0 Å². The fourth-order valence-electron chi connectivity index (χ4n) is 3.72. The van der Waals surface area contributed by atoms with Crippen molar-refractivity contribution in [2.24, 2.45) is 0 Å². The molecule has 7 nitrogen and oxygen atoms in total. The zero-order chi connectivity index (χ0) is 22.4. The molecule has 4 amide bonds. The van der Waals surface area contributed by atoms with Crippen LogP contribution in [0.5, 0.6) is 0 Å². The largest absolute Gasteiger partial charge is 0.325 e. The lowest BCUT2D eigenvalue weighted by Gasteiger charge is -2.25. The summed E-state index contributed by atoms with van der Waals surface area (Å²) >= 11 is 0. The quantitative estimate of drug-likeness (QED) is 0.665. The average molecular weight is 418 g/mol. The van der Waals surface area contributed by atoms with E-state index < -0.39 is 29.9 Å². The molecule has 1 fully saturated rings. The van der Waals surface area contributed by atoms with Crippen molar-refractivity contribution < 1.29 is 14.4 Å². The van der Waals surface area contributed by atoms with E-state index in [1.165, 1.54) is 4.90 Å². The van der Waals surface area contributed by atoms with Crippen molar-refractivity contribution in [2.75, 3.05) is 18.0 Å². The van der Waals surface area contributed by atoms with Crippen molar-refractivity contribution in [1.82, 2.24) is 10.2 Å². The highest BCUT2D eigenvalue weighted by atomic mass is 16.2.